The fraction of sp³-hybridized carbons (Fsp3) is 0.154. The molecule has 0 spiro atoms. The molecule has 1 aliphatic heterocycles. The maximum absolute atomic E-state index is 12.8. The van der Waals surface area contributed by atoms with Crippen LogP contribution in [0.5, 0.6) is 0 Å². The summed E-state index contributed by atoms with van der Waals surface area (Å²) in [6, 6.07) is 12.5. The molecule has 0 saturated heterocycles. The lowest BCUT2D eigenvalue weighted by molar-refractivity contribution is 0.0473. The Balaban J connectivity index is 1.37. The quantitative estimate of drug-likeness (QED) is 0.252. The van der Waals surface area contributed by atoms with Gasteiger partial charge in [0.15, 0.2) is 0 Å². The van der Waals surface area contributed by atoms with Crippen LogP contribution in [0.4, 0.5) is 0 Å². The topological polar surface area (TPSA) is 107 Å². The van der Waals surface area contributed by atoms with Crippen molar-refractivity contribution in [2.75, 3.05) is 0 Å². The lowest BCUT2D eigenvalue weighted by Crippen LogP contribution is -2.28. The molecule has 4 aromatic rings. The van der Waals surface area contributed by atoms with Crippen molar-refractivity contribution < 1.29 is 28.0 Å². The van der Waals surface area contributed by atoms with Gasteiger partial charge in [-0.05, 0) is 67.4 Å². The van der Waals surface area contributed by atoms with Crippen molar-refractivity contribution >= 4 is 28.8 Å². The molecule has 8 heteroatoms. The van der Waals surface area contributed by atoms with E-state index in [1.807, 2.05) is 19.9 Å². The summed E-state index contributed by atoms with van der Waals surface area (Å²) in [7, 11) is 0. The van der Waals surface area contributed by atoms with Crippen LogP contribution < -0.4 is 5.63 Å². The molecule has 0 bridgehead atoms. The Morgan fingerprint density at radius 1 is 0.941 bits per heavy atom. The Labute approximate surface area is 193 Å². The molecule has 170 valence electrons. The van der Waals surface area contributed by atoms with Crippen molar-refractivity contribution in [3.63, 3.8) is 0 Å². The molecule has 1 aliphatic rings. The van der Waals surface area contributed by atoms with Crippen LogP contribution in [0.3, 0.4) is 0 Å². The van der Waals surface area contributed by atoms with Crippen LogP contribution in [-0.4, -0.2) is 22.7 Å². The van der Waals surface area contributed by atoms with Crippen LogP contribution in [0.15, 0.2) is 68.4 Å². The lowest BCUT2D eigenvalue weighted by atomic mass is 10.0. The van der Waals surface area contributed by atoms with Crippen LogP contribution in [-0.2, 0) is 17.9 Å². The second-order valence-corrected chi connectivity index (χ2v) is 8.14. The number of carbonyl (C=O) groups excluding carboxylic acids is 3. The highest BCUT2D eigenvalue weighted by Gasteiger charge is 2.36. The van der Waals surface area contributed by atoms with E-state index in [-0.39, 0.29) is 29.8 Å². The minimum atomic E-state index is -0.683. The van der Waals surface area contributed by atoms with Crippen molar-refractivity contribution in [1.82, 2.24) is 4.90 Å². The molecule has 2 amide bonds. The molecule has 0 atom stereocenters. The number of nitrogens with zero attached hydrogens (tertiary/aromatic N) is 1. The average molecular weight is 457 g/mol. The van der Waals surface area contributed by atoms with Crippen LogP contribution >= 0.6 is 0 Å². The number of fused-ring (bicyclic) bond motifs is 2. The lowest BCUT2D eigenvalue weighted by Gasteiger charge is -2.11. The number of esters is 1. The van der Waals surface area contributed by atoms with E-state index in [2.05, 4.69) is 0 Å². The molecule has 8 nitrogen and oxygen atoms in total. The zero-order chi connectivity index (χ0) is 24.0. The summed E-state index contributed by atoms with van der Waals surface area (Å²) in [5.74, 6) is -1.18. The summed E-state index contributed by atoms with van der Waals surface area (Å²) >= 11 is 0. The van der Waals surface area contributed by atoms with Gasteiger partial charge < -0.3 is 13.6 Å². The standard InChI is InChI=1S/C26H19NO7/c1-14-8-20-17(11-23(28)34-22(20)9-15(14)2)13-33-26(31)16-5-6-19-21(10-16)25(30)27(24(19)29)12-18-4-3-7-32-18/h3-11H,12-13H2,1-2H3. The van der Waals surface area contributed by atoms with E-state index in [4.69, 9.17) is 13.6 Å². The molecule has 0 fully saturated rings. The van der Waals surface area contributed by atoms with Crippen molar-refractivity contribution in [2.45, 2.75) is 27.0 Å². The molecule has 2 aromatic carbocycles. The third-order valence-corrected chi connectivity index (χ3v) is 5.90. The number of furan rings is 1. The first kappa shape index (κ1) is 21.4. The first-order chi connectivity index (χ1) is 16.3. The molecule has 2 aromatic heterocycles. The summed E-state index contributed by atoms with van der Waals surface area (Å²) < 4.78 is 15.9. The fourth-order valence-corrected chi connectivity index (χ4v) is 3.95. The van der Waals surface area contributed by atoms with Gasteiger partial charge in [0.2, 0.25) is 0 Å². The number of rotatable bonds is 5. The maximum atomic E-state index is 12.8. The minimum absolute atomic E-state index is 0.00167. The Kier molecular flexibility index (Phi) is 5.13. The van der Waals surface area contributed by atoms with E-state index >= 15 is 0 Å². The number of hydrogen-bond donors (Lipinski definition) is 0. The van der Waals surface area contributed by atoms with Gasteiger partial charge in [0.05, 0.1) is 29.5 Å². The monoisotopic (exact) mass is 457 g/mol. The van der Waals surface area contributed by atoms with Gasteiger partial charge in [-0.1, -0.05) is 0 Å². The first-order valence-electron chi connectivity index (χ1n) is 10.6. The van der Waals surface area contributed by atoms with Gasteiger partial charge in [-0.15, -0.1) is 0 Å². The molecule has 34 heavy (non-hydrogen) atoms. The molecule has 3 heterocycles. The summed E-state index contributed by atoms with van der Waals surface area (Å²) in [5, 5.41) is 0.679. The highest BCUT2D eigenvalue weighted by molar-refractivity contribution is 6.21. The van der Waals surface area contributed by atoms with Crippen molar-refractivity contribution in [3.05, 3.63) is 104 Å². The van der Waals surface area contributed by atoms with E-state index in [1.165, 1.54) is 30.5 Å². The molecule has 0 saturated carbocycles. The van der Waals surface area contributed by atoms with Gasteiger partial charge in [-0.25, -0.2) is 9.59 Å². The van der Waals surface area contributed by atoms with Crippen LogP contribution in [0.25, 0.3) is 11.0 Å². The van der Waals surface area contributed by atoms with Crippen LogP contribution in [0.1, 0.15) is 53.5 Å². The normalized spacial score (nSPS) is 12.9. The van der Waals surface area contributed by atoms with Gasteiger partial charge >= 0.3 is 11.6 Å². The summed E-state index contributed by atoms with van der Waals surface area (Å²) in [4.78, 5) is 51.2. The Morgan fingerprint density at radius 3 is 2.47 bits per heavy atom. The Hall–Kier alpha value is -4.46. The second-order valence-electron chi connectivity index (χ2n) is 8.14. The van der Waals surface area contributed by atoms with E-state index < -0.39 is 23.4 Å². The van der Waals surface area contributed by atoms with E-state index in [0.717, 1.165) is 16.0 Å². The van der Waals surface area contributed by atoms with E-state index in [0.29, 0.717) is 22.3 Å². The Morgan fingerprint density at radius 2 is 1.71 bits per heavy atom. The van der Waals surface area contributed by atoms with Gasteiger partial charge in [-0.2, -0.15) is 0 Å². The molecule has 0 aliphatic carbocycles. The number of hydrogen-bond acceptors (Lipinski definition) is 7. The van der Waals surface area contributed by atoms with Gasteiger partial charge in [0.25, 0.3) is 11.8 Å². The number of aryl methyl sites for hydroxylation is 2. The smallest absolute Gasteiger partial charge is 0.338 e. The number of benzene rings is 2. The molecule has 0 unspecified atom stereocenters. The SMILES string of the molecule is Cc1cc2oc(=O)cc(COC(=O)c3ccc4c(c3)C(=O)N(Cc3ccco3)C4=O)c2cc1C. The third kappa shape index (κ3) is 3.69. The second kappa shape index (κ2) is 8.15. The maximum Gasteiger partial charge on any atom is 0.338 e. The largest absolute Gasteiger partial charge is 0.467 e. The van der Waals surface area contributed by atoms with Gasteiger partial charge in [-0.3, -0.25) is 14.5 Å². The van der Waals surface area contributed by atoms with Crippen molar-refractivity contribution in [2.24, 2.45) is 0 Å². The van der Waals surface area contributed by atoms with Crippen molar-refractivity contribution in [1.29, 1.82) is 0 Å². The van der Waals surface area contributed by atoms with Gasteiger partial charge in [0, 0.05) is 17.0 Å². The predicted molar refractivity (Wildman–Crippen MR) is 120 cm³/mol. The fourth-order valence-electron chi connectivity index (χ4n) is 3.95. The van der Waals surface area contributed by atoms with Crippen LogP contribution in [0, 0.1) is 13.8 Å². The highest BCUT2D eigenvalue weighted by Crippen LogP contribution is 2.27. The molecule has 0 radical (unpaired) electrons. The molecule has 5 rings (SSSR count). The zero-order valence-electron chi connectivity index (χ0n) is 18.4. The third-order valence-electron chi connectivity index (χ3n) is 5.90. The molecular weight excluding hydrogens is 438 g/mol. The highest BCUT2D eigenvalue weighted by atomic mass is 16.5. The number of carbonyl (C=O) groups is 3. The molecular formula is C26H19NO7. The Bertz CT molecular complexity index is 1530. The van der Waals surface area contributed by atoms with E-state index in [9.17, 15) is 19.2 Å². The van der Waals surface area contributed by atoms with Gasteiger partial charge in [0.1, 0.15) is 18.0 Å². The predicted octanol–water partition coefficient (Wildman–Crippen LogP) is 4.16. The number of ether oxygens (including phenoxy) is 1. The van der Waals surface area contributed by atoms with Crippen molar-refractivity contribution in [3.8, 4) is 0 Å². The zero-order valence-corrected chi connectivity index (χ0v) is 18.4. The van der Waals surface area contributed by atoms with E-state index in [1.54, 1.807) is 18.2 Å². The average Bonchev–Trinajstić information content (AvgIpc) is 3.41. The summed E-state index contributed by atoms with van der Waals surface area (Å²) in [6.07, 6.45) is 1.46. The minimum Gasteiger partial charge on any atom is -0.467 e. The molecule has 0 N–H and O–H groups in total. The van der Waals surface area contributed by atoms with Crippen LogP contribution in [0.2, 0.25) is 0 Å². The summed E-state index contributed by atoms with van der Waals surface area (Å²) in [5.41, 5.74) is 2.84. The summed E-state index contributed by atoms with van der Waals surface area (Å²) in [6.45, 7) is 3.70. The first-order valence-corrected chi connectivity index (χ1v) is 10.6. The number of imide groups is 1. The number of amides is 2.